The van der Waals surface area contributed by atoms with Gasteiger partial charge in [0.05, 0.1) is 6.42 Å². The highest BCUT2D eigenvalue weighted by Gasteiger charge is 2.09. The minimum Gasteiger partial charge on any atom is -0.456 e. The van der Waals surface area contributed by atoms with Gasteiger partial charge in [0.1, 0.15) is 0 Å². The lowest BCUT2D eigenvalue weighted by molar-refractivity contribution is -0.148. The molecule has 0 aliphatic rings. The number of hydrogen-bond donors (Lipinski definition) is 1. The SMILES string of the molecule is O=C(COC(=O)CCSc1ccc(F)c(F)c1)NCc1ccccc1. The van der Waals surface area contributed by atoms with Crippen LogP contribution < -0.4 is 5.32 Å². The normalized spacial score (nSPS) is 10.3. The Balaban J connectivity index is 1.61. The second-order valence-electron chi connectivity index (χ2n) is 5.10. The van der Waals surface area contributed by atoms with Crippen LogP contribution in [0.15, 0.2) is 53.4 Å². The van der Waals surface area contributed by atoms with Crippen LogP contribution in [-0.2, 0) is 20.9 Å². The molecular formula is C18H17F2NO3S. The first-order valence-electron chi connectivity index (χ1n) is 7.58. The number of carbonyl (C=O) groups is 2. The number of nitrogens with one attached hydrogen (secondary N) is 1. The largest absolute Gasteiger partial charge is 0.456 e. The Morgan fingerprint density at radius 1 is 1.04 bits per heavy atom. The Morgan fingerprint density at radius 2 is 1.80 bits per heavy atom. The van der Waals surface area contributed by atoms with Gasteiger partial charge in [0, 0.05) is 17.2 Å². The van der Waals surface area contributed by atoms with Crippen molar-refractivity contribution in [1.82, 2.24) is 5.32 Å². The van der Waals surface area contributed by atoms with E-state index in [1.807, 2.05) is 30.3 Å². The molecule has 0 radical (unpaired) electrons. The zero-order valence-corrected chi connectivity index (χ0v) is 14.2. The molecule has 2 rings (SSSR count). The Hall–Kier alpha value is -2.41. The first kappa shape index (κ1) is 18.9. The highest BCUT2D eigenvalue weighted by molar-refractivity contribution is 7.99. The van der Waals surface area contributed by atoms with Crippen molar-refractivity contribution in [2.45, 2.75) is 17.9 Å². The summed E-state index contributed by atoms with van der Waals surface area (Å²) in [5, 5.41) is 2.65. The summed E-state index contributed by atoms with van der Waals surface area (Å²) in [5.41, 5.74) is 0.949. The molecule has 0 saturated carbocycles. The van der Waals surface area contributed by atoms with Crippen LogP contribution in [0.4, 0.5) is 8.78 Å². The molecule has 0 fully saturated rings. The molecule has 132 valence electrons. The second-order valence-corrected chi connectivity index (χ2v) is 6.27. The number of esters is 1. The van der Waals surface area contributed by atoms with E-state index in [1.54, 1.807) is 0 Å². The first-order chi connectivity index (χ1) is 12.0. The molecule has 4 nitrogen and oxygen atoms in total. The number of hydrogen-bond acceptors (Lipinski definition) is 4. The van der Waals surface area contributed by atoms with Gasteiger partial charge >= 0.3 is 5.97 Å². The summed E-state index contributed by atoms with van der Waals surface area (Å²) in [5.74, 6) is -2.40. The van der Waals surface area contributed by atoms with E-state index in [9.17, 15) is 18.4 Å². The molecule has 2 aromatic rings. The maximum atomic E-state index is 13.0. The number of benzene rings is 2. The fourth-order valence-electron chi connectivity index (χ4n) is 1.88. The zero-order valence-electron chi connectivity index (χ0n) is 13.3. The van der Waals surface area contributed by atoms with E-state index in [0.717, 1.165) is 17.7 Å². The van der Waals surface area contributed by atoms with Crippen molar-refractivity contribution in [2.24, 2.45) is 0 Å². The van der Waals surface area contributed by atoms with Crippen LogP contribution in [0.3, 0.4) is 0 Å². The molecule has 0 aromatic heterocycles. The fourth-order valence-corrected chi connectivity index (χ4v) is 2.74. The molecule has 0 spiro atoms. The fraction of sp³-hybridized carbons (Fsp3) is 0.222. The summed E-state index contributed by atoms with van der Waals surface area (Å²) in [7, 11) is 0. The van der Waals surface area contributed by atoms with Crippen molar-refractivity contribution in [2.75, 3.05) is 12.4 Å². The van der Waals surface area contributed by atoms with Gasteiger partial charge in [-0.1, -0.05) is 30.3 Å². The van der Waals surface area contributed by atoms with Gasteiger partial charge in [-0.3, -0.25) is 9.59 Å². The van der Waals surface area contributed by atoms with Crippen LogP contribution in [0, 0.1) is 11.6 Å². The highest BCUT2D eigenvalue weighted by atomic mass is 32.2. The number of thioether (sulfide) groups is 1. The topological polar surface area (TPSA) is 55.4 Å². The summed E-state index contributed by atoms with van der Waals surface area (Å²) in [6.07, 6.45) is 0.0651. The standard InChI is InChI=1S/C18H17F2NO3S/c19-15-7-6-14(10-16(15)20)25-9-8-18(23)24-12-17(22)21-11-13-4-2-1-3-5-13/h1-7,10H,8-9,11-12H2,(H,21,22). The molecule has 0 aliphatic heterocycles. The van der Waals surface area contributed by atoms with Crippen molar-refractivity contribution >= 4 is 23.6 Å². The average molecular weight is 365 g/mol. The third-order valence-corrected chi connectivity index (χ3v) is 4.16. The average Bonchev–Trinajstić information content (AvgIpc) is 2.62. The van der Waals surface area contributed by atoms with Crippen molar-refractivity contribution < 1.29 is 23.1 Å². The monoisotopic (exact) mass is 365 g/mol. The Kier molecular flexibility index (Phi) is 7.40. The molecule has 0 heterocycles. The minimum absolute atomic E-state index is 0.0651. The van der Waals surface area contributed by atoms with Crippen LogP contribution in [0.1, 0.15) is 12.0 Å². The van der Waals surface area contributed by atoms with Crippen molar-refractivity contribution in [3.05, 3.63) is 65.7 Å². The third kappa shape index (κ3) is 6.93. The number of carbonyl (C=O) groups excluding carboxylic acids is 2. The molecule has 1 N–H and O–H groups in total. The van der Waals surface area contributed by atoms with Gasteiger partial charge in [-0.2, -0.15) is 0 Å². The van der Waals surface area contributed by atoms with Crippen molar-refractivity contribution in [3.8, 4) is 0 Å². The lowest BCUT2D eigenvalue weighted by atomic mass is 10.2. The van der Waals surface area contributed by atoms with Gasteiger partial charge in [0.15, 0.2) is 18.2 Å². The Bertz CT molecular complexity index is 726. The van der Waals surface area contributed by atoms with Crippen LogP contribution in [0.25, 0.3) is 0 Å². The lowest BCUT2D eigenvalue weighted by Crippen LogP contribution is -2.28. The Labute approximate surface area is 148 Å². The summed E-state index contributed by atoms with van der Waals surface area (Å²) < 4.78 is 30.7. The van der Waals surface area contributed by atoms with Crippen LogP contribution >= 0.6 is 11.8 Å². The molecule has 2 aromatic carbocycles. The third-order valence-electron chi connectivity index (χ3n) is 3.16. The smallest absolute Gasteiger partial charge is 0.307 e. The van der Waals surface area contributed by atoms with Gasteiger partial charge < -0.3 is 10.1 Å². The van der Waals surface area contributed by atoms with Crippen LogP contribution in [0.5, 0.6) is 0 Å². The molecule has 0 saturated heterocycles. The maximum absolute atomic E-state index is 13.0. The molecule has 0 atom stereocenters. The predicted molar refractivity (Wildman–Crippen MR) is 90.9 cm³/mol. The molecule has 0 aliphatic carbocycles. The van der Waals surface area contributed by atoms with E-state index < -0.39 is 17.6 Å². The number of rotatable bonds is 8. The van der Waals surface area contributed by atoms with Crippen LogP contribution in [0.2, 0.25) is 0 Å². The minimum atomic E-state index is -0.928. The molecule has 7 heteroatoms. The Morgan fingerprint density at radius 3 is 2.52 bits per heavy atom. The molecule has 25 heavy (non-hydrogen) atoms. The quantitative estimate of drug-likeness (QED) is 0.576. The number of amides is 1. The van der Waals surface area contributed by atoms with Gasteiger partial charge in [0.25, 0.3) is 5.91 Å². The molecule has 0 unspecified atom stereocenters. The van der Waals surface area contributed by atoms with Gasteiger partial charge in [-0.25, -0.2) is 8.78 Å². The van der Waals surface area contributed by atoms with E-state index in [1.165, 1.54) is 17.8 Å². The lowest BCUT2D eigenvalue weighted by Gasteiger charge is -2.07. The molecule has 0 bridgehead atoms. The van der Waals surface area contributed by atoms with Crippen molar-refractivity contribution in [1.29, 1.82) is 0 Å². The summed E-state index contributed by atoms with van der Waals surface area (Å²) in [6.45, 7) is 0.0186. The van der Waals surface area contributed by atoms with Crippen LogP contribution in [-0.4, -0.2) is 24.2 Å². The van der Waals surface area contributed by atoms with E-state index >= 15 is 0 Å². The summed E-state index contributed by atoms with van der Waals surface area (Å²) in [6, 6.07) is 12.9. The second kappa shape index (κ2) is 9.78. The number of halogens is 2. The number of ether oxygens (including phenoxy) is 1. The van der Waals surface area contributed by atoms with Gasteiger partial charge in [0.2, 0.25) is 0 Å². The molecular weight excluding hydrogens is 348 g/mol. The van der Waals surface area contributed by atoms with E-state index in [-0.39, 0.29) is 18.9 Å². The van der Waals surface area contributed by atoms with E-state index in [4.69, 9.17) is 4.74 Å². The van der Waals surface area contributed by atoms with Gasteiger partial charge in [-0.05, 0) is 23.8 Å². The van der Waals surface area contributed by atoms with Gasteiger partial charge in [-0.15, -0.1) is 11.8 Å². The summed E-state index contributed by atoms with van der Waals surface area (Å²) in [4.78, 5) is 23.7. The highest BCUT2D eigenvalue weighted by Crippen LogP contribution is 2.21. The zero-order chi connectivity index (χ0) is 18.1. The predicted octanol–water partition coefficient (Wildman–Crippen LogP) is 3.31. The van der Waals surface area contributed by atoms with E-state index in [0.29, 0.717) is 17.2 Å². The molecule has 1 amide bonds. The van der Waals surface area contributed by atoms with E-state index in [2.05, 4.69) is 5.32 Å². The van der Waals surface area contributed by atoms with Crippen molar-refractivity contribution in [3.63, 3.8) is 0 Å². The maximum Gasteiger partial charge on any atom is 0.307 e. The first-order valence-corrected chi connectivity index (χ1v) is 8.57. The summed E-state index contributed by atoms with van der Waals surface area (Å²) >= 11 is 1.21.